The second-order valence-electron chi connectivity index (χ2n) is 4.91. The lowest BCUT2D eigenvalue weighted by Gasteiger charge is -2.25. The van der Waals surface area contributed by atoms with Crippen molar-refractivity contribution < 1.29 is 8.42 Å². The topological polar surface area (TPSA) is 58.2 Å². The van der Waals surface area contributed by atoms with Gasteiger partial charge in [-0.15, -0.1) is 0 Å². The van der Waals surface area contributed by atoms with Crippen LogP contribution in [0.5, 0.6) is 0 Å². The minimum Gasteiger partial charge on any atom is -0.315 e. The summed E-state index contributed by atoms with van der Waals surface area (Å²) >= 11 is 3.40. The fourth-order valence-electron chi connectivity index (χ4n) is 2.27. The first kappa shape index (κ1) is 15.0. The van der Waals surface area contributed by atoms with Crippen LogP contribution in [-0.2, 0) is 10.0 Å². The van der Waals surface area contributed by atoms with Crippen molar-refractivity contribution in [3.63, 3.8) is 0 Å². The summed E-state index contributed by atoms with van der Waals surface area (Å²) in [5.74, 6) is 0. The Morgan fingerprint density at radius 1 is 1.47 bits per heavy atom. The molecule has 0 aromatic heterocycles. The number of sulfonamides is 1. The van der Waals surface area contributed by atoms with Crippen LogP contribution in [0.4, 0.5) is 0 Å². The van der Waals surface area contributed by atoms with Gasteiger partial charge in [-0.3, -0.25) is 0 Å². The Labute approximate surface area is 123 Å². The van der Waals surface area contributed by atoms with E-state index in [1.54, 1.807) is 0 Å². The molecule has 1 aromatic carbocycles. The zero-order valence-electron chi connectivity index (χ0n) is 10.9. The first-order valence-corrected chi connectivity index (χ1v) is 8.80. The van der Waals surface area contributed by atoms with E-state index >= 15 is 0 Å². The van der Waals surface area contributed by atoms with Gasteiger partial charge in [-0.25, -0.2) is 13.1 Å². The van der Waals surface area contributed by atoms with Crippen LogP contribution in [0, 0.1) is 0 Å². The molecule has 4 nitrogen and oxygen atoms in total. The van der Waals surface area contributed by atoms with Crippen molar-refractivity contribution >= 4 is 26.0 Å². The number of benzene rings is 1. The average molecular weight is 347 g/mol. The first-order valence-electron chi connectivity index (χ1n) is 6.46. The summed E-state index contributed by atoms with van der Waals surface area (Å²) in [6.07, 6.45) is 1.64. The molecule has 6 heteroatoms. The monoisotopic (exact) mass is 346 g/mol. The smallest absolute Gasteiger partial charge is 0.216 e. The van der Waals surface area contributed by atoms with E-state index in [-0.39, 0.29) is 11.3 Å². The molecule has 2 N–H and O–H groups in total. The van der Waals surface area contributed by atoms with E-state index in [1.807, 2.05) is 31.2 Å². The molecule has 1 saturated heterocycles. The van der Waals surface area contributed by atoms with Gasteiger partial charge in [0.2, 0.25) is 10.0 Å². The average Bonchev–Trinajstić information content (AvgIpc) is 2.39. The maximum atomic E-state index is 12.3. The third-order valence-electron chi connectivity index (χ3n) is 3.38. The van der Waals surface area contributed by atoms with Crippen LogP contribution in [0.15, 0.2) is 28.7 Å². The Balaban J connectivity index is 2.07. The minimum atomic E-state index is -3.27. The zero-order valence-corrected chi connectivity index (χ0v) is 13.3. The SMILES string of the molecule is CC(NS(=O)(=O)C1CCCNC1)c1cccc(Br)c1. The Hall–Kier alpha value is -0.430. The molecule has 1 aromatic rings. The number of piperidine rings is 1. The molecule has 1 aliphatic heterocycles. The summed E-state index contributed by atoms with van der Waals surface area (Å²) in [7, 11) is -3.27. The molecule has 2 unspecified atom stereocenters. The molecule has 1 aliphatic rings. The van der Waals surface area contributed by atoms with Gasteiger partial charge in [0.05, 0.1) is 5.25 Å². The van der Waals surface area contributed by atoms with Gasteiger partial charge in [0, 0.05) is 17.1 Å². The Morgan fingerprint density at radius 3 is 2.89 bits per heavy atom. The van der Waals surface area contributed by atoms with Crippen LogP contribution in [0.25, 0.3) is 0 Å². The van der Waals surface area contributed by atoms with Gasteiger partial charge in [-0.2, -0.15) is 0 Å². The normalized spacial score (nSPS) is 22.1. The van der Waals surface area contributed by atoms with Crippen LogP contribution in [0.2, 0.25) is 0 Å². The molecule has 1 fully saturated rings. The van der Waals surface area contributed by atoms with Gasteiger partial charge in [-0.1, -0.05) is 28.1 Å². The van der Waals surface area contributed by atoms with Crippen LogP contribution >= 0.6 is 15.9 Å². The van der Waals surface area contributed by atoms with Gasteiger partial charge < -0.3 is 5.32 Å². The van der Waals surface area contributed by atoms with Crippen LogP contribution < -0.4 is 10.0 Å². The third-order valence-corrected chi connectivity index (χ3v) is 5.84. The highest BCUT2D eigenvalue weighted by atomic mass is 79.9. The molecule has 0 saturated carbocycles. The Morgan fingerprint density at radius 2 is 2.26 bits per heavy atom. The van der Waals surface area contributed by atoms with Crippen LogP contribution in [-0.4, -0.2) is 26.8 Å². The largest absolute Gasteiger partial charge is 0.315 e. The van der Waals surface area contributed by atoms with Crippen LogP contribution in [0.3, 0.4) is 0 Å². The minimum absolute atomic E-state index is 0.218. The molecule has 106 valence electrons. The van der Waals surface area contributed by atoms with Gasteiger partial charge >= 0.3 is 0 Å². The molecule has 1 heterocycles. The van der Waals surface area contributed by atoms with E-state index < -0.39 is 10.0 Å². The van der Waals surface area contributed by atoms with Gasteiger partial charge in [-0.05, 0) is 44.0 Å². The number of nitrogens with one attached hydrogen (secondary N) is 2. The molecular weight excluding hydrogens is 328 g/mol. The van der Waals surface area contributed by atoms with E-state index in [2.05, 4.69) is 26.0 Å². The molecule has 0 bridgehead atoms. The summed E-state index contributed by atoms with van der Waals surface area (Å²) < 4.78 is 28.3. The fraction of sp³-hybridized carbons (Fsp3) is 0.538. The standard InChI is InChI=1S/C13H19BrN2O2S/c1-10(11-4-2-5-12(14)8-11)16-19(17,18)13-6-3-7-15-9-13/h2,4-5,8,10,13,15-16H,3,6-7,9H2,1H3. The quantitative estimate of drug-likeness (QED) is 0.878. The van der Waals surface area contributed by atoms with E-state index in [1.165, 1.54) is 0 Å². The lowest BCUT2D eigenvalue weighted by molar-refractivity contribution is 0.485. The van der Waals surface area contributed by atoms with E-state index in [4.69, 9.17) is 0 Å². The second kappa shape index (κ2) is 6.35. The molecule has 0 amide bonds. The highest BCUT2D eigenvalue weighted by Crippen LogP contribution is 2.20. The van der Waals surface area contributed by atoms with Crippen molar-refractivity contribution in [2.75, 3.05) is 13.1 Å². The van der Waals surface area contributed by atoms with Crippen molar-refractivity contribution in [2.24, 2.45) is 0 Å². The number of halogens is 1. The Bertz CT molecular complexity index is 527. The van der Waals surface area contributed by atoms with Crippen molar-refractivity contribution in [2.45, 2.75) is 31.1 Å². The Kier molecular flexibility index (Phi) is 5.00. The van der Waals surface area contributed by atoms with Crippen molar-refractivity contribution in [3.8, 4) is 0 Å². The molecule has 2 atom stereocenters. The molecule has 19 heavy (non-hydrogen) atoms. The van der Waals surface area contributed by atoms with Gasteiger partial charge in [0.25, 0.3) is 0 Å². The van der Waals surface area contributed by atoms with Crippen molar-refractivity contribution in [1.82, 2.24) is 10.0 Å². The summed E-state index contributed by atoms with van der Waals surface area (Å²) in [6.45, 7) is 3.32. The number of hydrogen-bond donors (Lipinski definition) is 2. The van der Waals surface area contributed by atoms with E-state index in [0.717, 1.165) is 29.4 Å². The van der Waals surface area contributed by atoms with Crippen molar-refractivity contribution in [1.29, 1.82) is 0 Å². The number of hydrogen-bond acceptors (Lipinski definition) is 3. The fourth-order valence-corrected chi connectivity index (χ4v) is 4.32. The summed E-state index contributed by atoms with van der Waals surface area (Å²) in [4.78, 5) is 0. The zero-order chi connectivity index (χ0) is 13.9. The van der Waals surface area contributed by atoms with Crippen molar-refractivity contribution in [3.05, 3.63) is 34.3 Å². The van der Waals surface area contributed by atoms with E-state index in [9.17, 15) is 8.42 Å². The summed E-state index contributed by atoms with van der Waals surface area (Å²) in [5.41, 5.74) is 0.960. The van der Waals surface area contributed by atoms with E-state index in [0.29, 0.717) is 6.54 Å². The highest BCUT2D eigenvalue weighted by Gasteiger charge is 2.28. The first-order chi connectivity index (χ1) is 8.99. The lowest BCUT2D eigenvalue weighted by atomic mass is 10.1. The molecule has 0 aliphatic carbocycles. The molecular formula is C13H19BrN2O2S. The summed E-state index contributed by atoms with van der Waals surface area (Å²) in [5, 5.41) is 2.81. The maximum absolute atomic E-state index is 12.3. The predicted molar refractivity (Wildman–Crippen MR) is 80.5 cm³/mol. The van der Waals surface area contributed by atoms with Gasteiger partial charge in [0.1, 0.15) is 0 Å². The molecule has 2 rings (SSSR count). The molecule has 0 radical (unpaired) electrons. The maximum Gasteiger partial charge on any atom is 0.216 e. The van der Waals surface area contributed by atoms with Gasteiger partial charge in [0.15, 0.2) is 0 Å². The summed E-state index contributed by atoms with van der Waals surface area (Å²) in [6, 6.07) is 7.48. The predicted octanol–water partition coefficient (Wildman–Crippen LogP) is 2.18. The highest BCUT2D eigenvalue weighted by molar-refractivity contribution is 9.10. The molecule has 0 spiro atoms. The second-order valence-corrected chi connectivity index (χ2v) is 7.82. The number of rotatable bonds is 4. The van der Waals surface area contributed by atoms with Crippen LogP contribution in [0.1, 0.15) is 31.4 Å². The lowest BCUT2D eigenvalue weighted by Crippen LogP contribution is -2.44. The third kappa shape index (κ3) is 4.02.